The molecule has 1 aromatic heterocycles. The Labute approximate surface area is 95.6 Å². The van der Waals surface area contributed by atoms with Gasteiger partial charge in [-0.1, -0.05) is 11.6 Å². The maximum atomic E-state index is 10.2. The van der Waals surface area contributed by atoms with Crippen molar-refractivity contribution >= 4 is 28.7 Å². The SMILES string of the molecule is O=C(O)COCc1nc2ccc(Cl)cc2o1. The number of carboxylic acids is 1. The van der Waals surface area contributed by atoms with Crippen LogP contribution in [0.2, 0.25) is 5.02 Å². The topological polar surface area (TPSA) is 72.6 Å². The van der Waals surface area contributed by atoms with Gasteiger partial charge < -0.3 is 14.3 Å². The quantitative estimate of drug-likeness (QED) is 0.887. The third-order valence-electron chi connectivity index (χ3n) is 1.85. The summed E-state index contributed by atoms with van der Waals surface area (Å²) in [6.07, 6.45) is 0. The van der Waals surface area contributed by atoms with E-state index in [2.05, 4.69) is 4.98 Å². The standard InChI is InChI=1S/C10H8ClNO4/c11-6-1-2-7-8(3-6)16-9(12-7)4-15-5-10(13)14/h1-3H,4-5H2,(H,13,14). The van der Waals surface area contributed by atoms with Gasteiger partial charge in [-0.15, -0.1) is 0 Å². The lowest BCUT2D eigenvalue weighted by molar-refractivity contribution is -0.142. The minimum Gasteiger partial charge on any atom is -0.480 e. The molecule has 0 aliphatic heterocycles. The van der Waals surface area contributed by atoms with Gasteiger partial charge in [0.15, 0.2) is 5.58 Å². The van der Waals surface area contributed by atoms with E-state index in [-0.39, 0.29) is 13.2 Å². The van der Waals surface area contributed by atoms with E-state index in [0.717, 1.165) is 0 Å². The normalized spacial score (nSPS) is 10.8. The molecule has 2 aromatic rings. The minimum atomic E-state index is -1.03. The Bertz CT molecular complexity index is 523. The zero-order chi connectivity index (χ0) is 11.5. The maximum Gasteiger partial charge on any atom is 0.329 e. The Balaban J connectivity index is 2.10. The molecule has 1 heterocycles. The number of oxazole rings is 1. The molecule has 0 bridgehead atoms. The minimum absolute atomic E-state index is 0.0264. The number of hydrogen-bond donors (Lipinski definition) is 1. The second-order valence-electron chi connectivity index (χ2n) is 3.11. The van der Waals surface area contributed by atoms with E-state index in [9.17, 15) is 4.79 Å². The second kappa shape index (κ2) is 4.51. The fraction of sp³-hybridized carbons (Fsp3) is 0.200. The number of nitrogens with zero attached hydrogens (tertiary/aromatic N) is 1. The van der Waals surface area contributed by atoms with Crippen LogP contribution in [0, 0.1) is 0 Å². The third kappa shape index (κ3) is 2.50. The van der Waals surface area contributed by atoms with Gasteiger partial charge in [-0.3, -0.25) is 0 Å². The van der Waals surface area contributed by atoms with Crippen LogP contribution >= 0.6 is 11.6 Å². The number of carbonyl (C=O) groups is 1. The fourth-order valence-corrected chi connectivity index (χ4v) is 1.40. The van der Waals surface area contributed by atoms with Crippen molar-refractivity contribution in [2.24, 2.45) is 0 Å². The smallest absolute Gasteiger partial charge is 0.329 e. The lowest BCUT2D eigenvalue weighted by Gasteiger charge is -1.94. The Hall–Kier alpha value is -1.59. The van der Waals surface area contributed by atoms with Gasteiger partial charge in [0.25, 0.3) is 0 Å². The van der Waals surface area contributed by atoms with Gasteiger partial charge in [0.05, 0.1) is 0 Å². The van der Waals surface area contributed by atoms with E-state index >= 15 is 0 Å². The van der Waals surface area contributed by atoms with Crippen LogP contribution in [-0.2, 0) is 16.1 Å². The zero-order valence-electron chi connectivity index (χ0n) is 8.14. The van der Waals surface area contributed by atoms with Crippen molar-refractivity contribution in [3.8, 4) is 0 Å². The van der Waals surface area contributed by atoms with Gasteiger partial charge in [-0.05, 0) is 12.1 Å². The Morgan fingerprint density at radius 1 is 1.56 bits per heavy atom. The average molecular weight is 242 g/mol. The number of rotatable bonds is 4. The van der Waals surface area contributed by atoms with E-state index in [4.69, 9.17) is 25.9 Å². The molecule has 0 amide bonds. The molecule has 1 aromatic carbocycles. The summed E-state index contributed by atoms with van der Waals surface area (Å²) in [5, 5.41) is 8.93. The highest BCUT2D eigenvalue weighted by atomic mass is 35.5. The fourth-order valence-electron chi connectivity index (χ4n) is 1.23. The molecule has 0 saturated heterocycles. The molecule has 0 aliphatic rings. The lowest BCUT2D eigenvalue weighted by atomic mass is 10.3. The van der Waals surface area contributed by atoms with Gasteiger partial charge in [0, 0.05) is 11.1 Å². The summed E-state index contributed by atoms with van der Waals surface area (Å²) in [6, 6.07) is 5.07. The Morgan fingerprint density at radius 2 is 2.38 bits per heavy atom. The van der Waals surface area contributed by atoms with E-state index < -0.39 is 5.97 Å². The summed E-state index contributed by atoms with van der Waals surface area (Å²) in [5.41, 5.74) is 1.22. The van der Waals surface area contributed by atoms with Crippen molar-refractivity contribution in [3.05, 3.63) is 29.1 Å². The first-order chi connectivity index (χ1) is 7.65. The molecular weight excluding hydrogens is 234 g/mol. The van der Waals surface area contributed by atoms with Crippen LogP contribution in [0.1, 0.15) is 5.89 Å². The van der Waals surface area contributed by atoms with Crippen LogP contribution in [0.3, 0.4) is 0 Å². The molecule has 84 valence electrons. The molecule has 0 aliphatic carbocycles. The Kier molecular flexibility index (Phi) is 3.07. The number of aromatic nitrogens is 1. The van der Waals surface area contributed by atoms with Gasteiger partial charge in [-0.25, -0.2) is 9.78 Å². The second-order valence-corrected chi connectivity index (χ2v) is 3.54. The van der Waals surface area contributed by atoms with Gasteiger partial charge in [0.2, 0.25) is 5.89 Å². The highest BCUT2D eigenvalue weighted by molar-refractivity contribution is 6.31. The molecule has 0 radical (unpaired) electrons. The van der Waals surface area contributed by atoms with E-state index in [1.165, 1.54) is 0 Å². The summed E-state index contributed by atoms with van der Waals surface area (Å²) in [6.45, 7) is -0.349. The third-order valence-corrected chi connectivity index (χ3v) is 2.08. The molecule has 1 N–H and O–H groups in total. The van der Waals surface area contributed by atoms with Crippen molar-refractivity contribution in [2.45, 2.75) is 6.61 Å². The lowest BCUT2D eigenvalue weighted by Crippen LogP contribution is -2.06. The largest absolute Gasteiger partial charge is 0.480 e. The van der Waals surface area contributed by atoms with Crippen molar-refractivity contribution in [2.75, 3.05) is 6.61 Å². The van der Waals surface area contributed by atoms with E-state index in [1.54, 1.807) is 18.2 Å². The average Bonchev–Trinajstić information content (AvgIpc) is 2.58. The van der Waals surface area contributed by atoms with Gasteiger partial charge in [-0.2, -0.15) is 0 Å². The number of fused-ring (bicyclic) bond motifs is 1. The summed E-state index contributed by atoms with van der Waals surface area (Å²) in [4.78, 5) is 14.3. The molecule has 0 atom stereocenters. The number of carboxylic acid groups (broad SMARTS) is 1. The van der Waals surface area contributed by atoms with E-state index in [1.807, 2.05) is 0 Å². The number of benzene rings is 1. The van der Waals surface area contributed by atoms with Crippen LogP contribution in [0.5, 0.6) is 0 Å². The molecule has 6 heteroatoms. The first kappa shape index (κ1) is 10.9. The predicted molar refractivity (Wildman–Crippen MR) is 56.3 cm³/mol. The Morgan fingerprint density at radius 3 is 3.12 bits per heavy atom. The number of ether oxygens (including phenoxy) is 1. The molecule has 2 rings (SSSR count). The van der Waals surface area contributed by atoms with Gasteiger partial charge >= 0.3 is 5.97 Å². The zero-order valence-corrected chi connectivity index (χ0v) is 8.90. The van der Waals surface area contributed by atoms with E-state index in [0.29, 0.717) is 22.0 Å². The summed E-state index contributed by atoms with van der Waals surface area (Å²) >= 11 is 5.78. The van der Waals surface area contributed by atoms with Crippen molar-refractivity contribution in [1.29, 1.82) is 0 Å². The number of aliphatic carboxylic acids is 1. The van der Waals surface area contributed by atoms with Crippen LogP contribution in [-0.4, -0.2) is 22.7 Å². The van der Waals surface area contributed by atoms with Gasteiger partial charge in [0.1, 0.15) is 18.7 Å². The number of halogens is 1. The maximum absolute atomic E-state index is 10.2. The molecule has 16 heavy (non-hydrogen) atoms. The van der Waals surface area contributed by atoms with Crippen LogP contribution in [0.4, 0.5) is 0 Å². The highest BCUT2D eigenvalue weighted by Gasteiger charge is 2.07. The van der Waals surface area contributed by atoms with Crippen LogP contribution < -0.4 is 0 Å². The molecule has 0 unspecified atom stereocenters. The van der Waals surface area contributed by atoms with Crippen LogP contribution in [0.15, 0.2) is 22.6 Å². The van der Waals surface area contributed by atoms with Crippen LogP contribution in [0.25, 0.3) is 11.1 Å². The summed E-state index contributed by atoms with van der Waals surface area (Å²) in [5.74, 6) is -0.697. The highest BCUT2D eigenvalue weighted by Crippen LogP contribution is 2.20. The van der Waals surface area contributed by atoms with Crippen molar-refractivity contribution < 1.29 is 19.1 Å². The molecule has 0 spiro atoms. The molecular formula is C10H8ClNO4. The van der Waals surface area contributed by atoms with Crippen molar-refractivity contribution in [3.63, 3.8) is 0 Å². The summed E-state index contributed by atoms with van der Waals surface area (Å²) in [7, 11) is 0. The summed E-state index contributed by atoms with van der Waals surface area (Å²) < 4.78 is 10.2. The van der Waals surface area contributed by atoms with Crippen molar-refractivity contribution in [1.82, 2.24) is 4.98 Å². The molecule has 0 saturated carbocycles. The molecule has 5 nitrogen and oxygen atoms in total. The predicted octanol–water partition coefficient (Wildman–Crippen LogP) is 2.08. The monoisotopic (exact) mass is 241 g/mol. The number of hydrogen-bond acceptors (Lipinski definition) is 4. The molecule has 0 fully saturated rings. The first-order valence-electron chi connectivity index (χ1n) is 4.49. The first-order valence-corrected chi connectivity index (χ1v) is 4.87.